The first-order valence-corrected chi connectivity index (χ1v) is 6.98. The smallest absolute Gasteiger partial charge is 0.224 e. The zero-order chi connectivity index (χ0) is 14.8. The molecule has 4 unspecified atom stereocenters. The quantitative estimate of drug-likeness (QED) is 0.698. The van der Waals surface area contributed by atoms with E-state index in [1.54, 1.807) is 13.8 Å². The molecule has 0 radical (unpaired) electrons. The predicted octanol–water partition coefficient (Wildman–Crippen LogP) is 0.624. The summed E-state index contributed by atoms with van der Waals surface area (Å²) in [6.45, 7) is 7.95. The molecule has 1 saturated carbocycles. The lowest BCUT2D eigenvalue weighted by Crippen LogP contribution is -2.48. The van der Waals surface area contributed by atoms with Gasteiger partial charge >= 0.3 is 0 Å². The highest BCUT2D eigenvalue weighted by Gasteiger charge is 2.36. The molecule has 0 spiro atoms. The van der Waals surface area contributed by atoms with Crippen molar-refractivity contribution in [1.29, 1.82) is 0 Å². The minimum absolute atomic E-state index is 0.0100. The predicted molar refractivity (Wildman–Crippen MR) is 75.0 cm³/mol. The summed E-state index contributed by atoms with van der Waals surface area (Å²) in [6.07, 6.45) is 1.68. The number of carbonyl (C=O) groups is 2. The van der Waals surface area contributed by atoms with Crippen molar-refractivity contribution in [3.8, 4) is 0 Å². The second-order valence-corrected chi connectivity index (χ2v) is 6.66. The first-order chi connectivity index (χ1) is 8.65. The van der Waals surface area contributed by atoms with E-state index in [-0.39, 0.29) is 24.4 Å². The van der Waals surface area contributed by atoms with Gasteiger partial charge in [-0.15, -0.1) is 0 Å². The molecular formula is C14H27N3O2. The van der Waals surface area contributed by atoms with E-state index in [1.165, 1.54) is 0 Å². The molecule has 0 aromatic rings. The van der Waals surface area contributed by atoms with Crippen LogP contribution in [0.1, 0.15) is 40.5 Å². The summed E-state index contributed by atoms with van der Waals surface area (Å²) in [5, 5.41) is 2.84. The van der Waals surface area contributed by atoms with Crippen LogP contribution in [0, 0.1) is 23.2 Å². The van der Waals surface area contributed by atoms with E-state index in [0.29, 0.717) is 18.3 Å². The van der Waals surface area contributed by atoms with Gasteiger partial charge in [0.2, 0.25) is 11.8 Å². The van der Waals surface area contributed by atoms with E-state index in [4.69, 9.17) is 11.5 Å². The Kier molecular flexibility index (Phi) is 4.96. The van der Waals surface area contributed by atoms with Crippen LogP contribution in [-0.4, -0.2) is 24.4 Å². The van der Waals surface area contributed by atoms with Crippen molar-refractivity contribution in [2.45, 2.75) is 46.6 Å². The summed E-state index contributed by atoms with van der Waals surface area (Å²) in [5.74, 6) is 0.307. The molecule has 5 N–H and O–H groups in total. The summed E-state index contributed by atoms with van der Waals surface area (Å²) < 4.78 is 0. The monoisotopic (exact) mass is 269 g/mol. The molecule has 2 amide bonds. The van der Waals surface area contributed by atoms with Crippen molar-refractivity contribution < 1.29 is 9.59 Å². The molecule has 0 heterocycles. The third-order valence-electron chi connectivity index (χ3n) is 4.40. The zero-order valence-electron chi connectivity index (χ0n) is 12.4. The Hall–Kier alpha value is -1.10. The number of carbonyl (C=O) groups excluding carboxylic acids is 2. The molecule has 0 aliphatic heterocycles. The lowest BCUT2D eigenvalue weighted by Gasteiger charge is -2.36. The van der Waals surface area contributed by atoms with Gasteiger partial charge in [0, 0.05) is 18.5 Å². The van der Waals surface area contributed by atoms with Gasteiger partial charge in [0.05, 0.1) is 5.41 Å². The number of hydrogen-bond acceptors (Lipinski definition) is 3. The Morgan fingerprint density at radius 1 is 1.21 bits per heavy atom. The van der Waals surface area contributed by atoms with Crippen molar-refractivity contribution >= 4 is 11.8 Å². The molecule has 0 bridgehead atoms. The zero-order valence-corrected chi connectivity index (χ0v) is 12.4. The van der Waals surface area contributed by atoms with Gasteiger partial charge < -0.3 is 16.8 Å². The van der Waals surface area contributed by atoms with Crippen LogP contribution in [0.5, 0.6) is 0 Å². The van der Waals surface area contributed by atoms with Crippen LogP contribution in [0.15, 0.2) is 0 Å². The molecule has 5 heteroatoms. The lowest BCUT2D eigenvalue weighted by molar-refractivity contribution is -0.130. The van der Waals surface area contributed by atoms with E-state index in [1.807, 2.05) is 0 Å². The fourth-order valence-electron chi connectivity index (χ4n) is 2.58. The van der Waals surface area contributed by atoms with Crippen LogP contribution in [0.2, 0.25) is 0 Å². The maximum absolute atomic E-state index is 12.2. The van der Waals surface area contributed by atoms with Crippen LogP contribution >= 0.6 is 0 Å². The highest BCUT2D eigenvalue weighted by Crippen LogP contribution is 2.33. The third-order valence-corrected chi connectivity index (χ3v) is 4.40. The summed E-state index contributed by atoms with van der Waals surface area (Å²) >= 11 is 0. The van der Waals surface area contributed by atoms with Crippen LogP contribution in [0.25, 0.3) is 0 Å². The molecule has 1 aliphatic carbocycles. The van der Waals surface area contributed by atoms with Gasteiger partial charge in [0.1, 0.15) is 0 Å². The van der Waals surface area contributed by atoms with E-state index >= 15 is 0 Å². The third kappa shape index (κ3) is 3.93. The SMILES string of the molecule is CC1CC(C)C(C(=O)NCC(C)(C)C(N)=O)CC1N. The van der Waals surface area contributed by atoms with Crippen LogP contribution in [0.4, 0.5) is 0 Å². The summed E-state index contributed by atoms with van der Waals surface area (Å²) in [6, 6.07) is 0.0797. The molecule has 0 aromatic heterocycles. The van der Waals surface area contributed by atoms with E-state index < -0.39 is 11.3 Å². The Bertz CT molecular complexity index is 355. The Balaban J connectivity index is 2.56. The Morgan fingerprint density at radius 3 is 2.32 bits per heavy atom. The van der Waals surface area contributed by atoms with E-state index in [2.05, 4.69) is 19.2 Å². The number of nitrogens with two attached hydrogens (primary N) is 2. The minimum Gasteiger partial charge on any atom is -0.369 e. The maximum Gasteiger partial charge on any atom is 0.224 e. The number of rotatable bonds is 4. The molecule has 0 saturated heterocycles. The first kappa shape index (κ1) is 16.0. The Morgan fingerprint density at radius 2 is 1.79 bits per heavy atom. The van der Waals surface area contributed by atoms with Gasteiger partial charge in [0.15, 0.2) is 0 Å². The molecule has 4 atom stereocenters. The summed E-state index contributed by atoms with van der Waals surface area (Å²) in [4.78, 5) is 23.4. The highest BCUT2D eigenvalue weighted by molar-refractivity contribution is 5.83. The molecule has 1 rings (SSSR count). The minimum atomic E-state index is -0.719. The molecule has 1 fully saturated rings. The fourth-order valence-corrected chi connectivity index (χ4v) is 2.58. The maximum atomic E-state index is 12.2. The van der Waals surface area contributed by atoms with Crippen molar-refractivity contribution in [3.05, 3.63) is 0 Å². The largest absolute Gasteiger partial charge is 0.369 e. The number of amides is 2. The Labute approximate surface area is 115 Å². The van der Waals surface area contributed by atoms with Crippen molar-refractivity contribution in [3.63, 3.8) is 0 Å². The number of primary amides is 1. The number of hydrogen-bond donors (Lipinski definition) is 3. The topological polar surface area (TPSA) is 98.2 Å². The average Bonchev–Trinajstić information content (AvgIpc) is 2.30. The first-order valence-electron chi connectivity index (χ1n) is 6.98. The molecule has 5 nitrogen and oxygen atoms in total. The van der Waals surface area contributed by atoms with Crippen LogP contribution in [-0.2, 0) is 9.59 Å². The second-order valence-electron chi connectivity index (χ2n) is 6.66. The van der Waals surface area contributed by atoms with Crippen molar-refractivity contribution in [2.24, 2.45) is 34.6 Å². The molecular weight excluding hydrogens is 242 g/mol. The van der Waals surface area contributed by atoms with Crippen LogP contribution in [0.3, 0.4) is 0 Å². The van der Waals surface area contributed by atoms with Crippen LogP contribution < -0.4 is 16.8 Å². The highest BCUT2D eigenvalue weighted by atomic mass is 16.2. The molecule has 110 valence electrons. The normalized spacial score (nSPS) is 31.8. The number of nitrogens with one attached hydrogen (secondary N) is 1. The van der Waals surface area contributed by atoms with Crippen molar-refractivity contribution in [2.75, 3.05) is 6.54 Å². The van der Waals surface area contributed by atoms with Gasteiger partial charge in [-0.25, -0.2) is 0 Å². The van der Waals surface area contributed by atoms with Gasteiger partial charge in [-0.1, -0.05) is 13.8 Å². The molecule has 0 aromatic carbocycles. The summed E-state index contributed by atoms with van der Waals surface area (Å²) in [5.41, 5.74) is 10.6. The van der Waals surface area contributed by atoms with Gasteiger partial charge in [-0.05, 0) is 38.5 Å². The lowest BCUT2D eigenvalue weighted by atomic mass is 9.72. The fraction of sp³-hybridized carbons (Fsp3) is 0.857. The molecule has 19 heavy (non-hydrogen) atoms. The standard InChI is InChI=1S/C14H27N3O2/c1-8-5-9(2)11(15)6-10(8)12(18)17-7-14(3,4)13(16)19/h8-11H,5-7,15H2,1-4H3,(H2,16,19)(H,17,18). The van der Waals surface area contributed by atoms with Gasteiger partial charge in [-0.3, -0.25) is 9.59 Å². The summed E-state index contributed by atoms with van der Waals surface area (Å²) in [7, 11) is 0. The molecule has 1 aliphatic rings. The van der Waals surface area contributed by atoms with E-state index in [0.717, 1.165) is 6.42 Å². The van der Waals surface area contributed by atoms with Gasteiger partial charge in [-0.2, -0.15) is 0 Å². The van der Waals surface area contributed by atoms with E-state index in [9.17, 15) is 9.59 Å². The van der Waals surface area contributed by atoms with Crippen molar-refractivity contribution in [1.82, 2.24) is 5.32 Å². The van der Waals surface area contributed by atoms with Gasteiger partial charge in [0.25, 0.3) is 0 Å². The average molecular weight is 269 g/mol. The second kappa shape index (κ2) is 5.90.